The number of hydrogen-bond acceptors (Lipinski definition) is 4. The van der Waals surface area contributed by atoms with Gasteiger partial charge >= 0.3 is 12.4 Å². The van der Waals surface area contributed by atoms with Gasteiger partial charge in [-0.2, -0.15) is 26.3 Å². The molecule has 0 unspecified atom stereocenters. The molecule has 0 radical (unpaired) electrons. The standard InChI is InChI=1S/C26H18ClF6NO3/c27-20-9-10-21(34-23(20)24(35)36)18-3-1-2-17(18)19-12-16(26(31,32)33)8-11-22(19)37-13-14-4-6-15(7-5-14)25(28,29)30/h4-12H,1-3,13H2,(H,35,36)/p-1. The molecule has 0 bridgehead atoms. The first-order chi connectivity index (χ1) is 17.3. The molecule has 11 heteroatoms. The van der Waals surface area contributed by atoms with Crippen LogP contribution >= 0.6 is 11.6 Å². The molecule has 1 aliphatic carbocycles. The number of aromatic carboxylic acids is 1. The smallest absolute Gasteiger partial charge is 0.416 e. The molecule has 1 aromatic heterocycles. The molecule has 4 rings (SSSR count). The zero-order chi connectivity index (χ0) is 27.0. The number of pyridine rings is 1. The predicted molar refractivity (Wildman–Crippen MR) is 121 cm³/mol. The quantitative estimate of drug-likeness (QED) is 0.322. The van der Waals surface area contributed by atoms with Gasteiger partial charge in [-0.25, -0.2) is 4.98 Å². The Hall–Kier alpha value is -3.53. The zero-order valence-electron chi connectivity index (χ0n) is 18.8. The highest BCUT2D eigenvalue weighted by molar-refractivity contribution is 6.33. The van der Waals surface area contributed by atoms with Gasteiger partial charge in [0.2, 0.25) is 0 Å². The molecule has 0 fully saturated rings. The number of carboxylic acid groups (broad SMARTS) is 1. The maximum absolute atomic E-state index is 13.5. The van der Waals surface area contributed by atoms with Crippen LogP contribution in [0.15, 0.2) is 54.6 Å². The van der Waals surface area contributed by atoms with Gasteiger partial charge in [-0.05, 0) is 78.4 Å². The van der Waals surface area contributed by atoms with Gasteiger partial charge in [0.05, 0.1) is 27.8 Å². The number of carboxylic acids is 1. The Labute approximate surface area is 212 Å². The van der Waals surface area contributed by atoms with Crippen LogP contribution in [0.4, 0.5) is 26.3 Å². The van der Waals surface area contributed by atoms with Crippen molar-refractivity contribution >= 4 is 28.7 Å². The second-order valence-electron chi connectivity index (χ2n) is 8.32. The molecule has 0 amide bonds. The average molecular weight is 541 g/mol. The van der Waals surface area contributed by atoms with Crippen molar-refractivity contribution in [3.63, 3.8) is 0 Å². The molecule has 37 heavy (non-hydrogen) atoms. The van der Waals surface area contributed by atoms with Crippen LogP contribution in [0, 0.1) is 0 Å². The molecule has 0 saturated carbocycles. The minimum atomic E-state index is -4.64. The lowest BCUT2D eigenvalue weighted by molar-refractivity contribution is -0.255. The van der Waals surface area contributed by atoms with Crippen LogP contribution in [0.3, 0.4) is 0 Å². The Bertz CT molecular complexity index is 1360. The lowest BCUT2D eigenvalue weighted by Gasteiger charge is -2.17. The fourth-order valence-electron chi connectivity index (χ4n) is 4.10. The number of allylic oxidation sites excluding steroid dienone is 2. The Balaban J connectivity index is 1.74. The fourth-order valence-corrected chi connectivity index (χ4v) is 4.28. The summed E-state index contributed by atoms with van der Waals surface area (Å²) in [4.78, 5) is 15.4. The second kappa shape index (κ2) is 10.1. The summed E-state index contributed by atoms with van der Waals surface area (Å²) in [6.07, 6.45) is -7.77. The topological polar surface area (TPSA) is 62.2 Å². The maximum Gasteiger partial charge on any atom is 0.416 e. The number of aromatic nitrogens is 1. The van der Waals surface area contributed by atoms with Gasteiger partial charge < -0.3 is 14.6 Å². The van der Waals surface area contributed by atoms with Crippen LogP contribution in [0.25, 0.3) is 11.1 Å². The third-order valence-corrected chi connectivity index (χ3v) is 6.18. The van der Waals surface area contributed by atoms with E-state index in [-0.39, 0.29) is 28.6 Å². The minimum absolute atomic E-state index is 0.0939. The summed E-state index contributed by atoms with van der Waals surface area (Å²) in [6.45, 7) is -0.187. The van der Waals surface area contributed by atoms with E-state index in [1.54, 1.807) is 0 Å². The summed E-state index contributed by atoms with van der Waals surface area (Å²) < 4.78 is 84.8. The highest BCUT2D eigenvalue weighted by Gasteiger charge is 2.33. The Kier molecular flexibility index (Phi) is 7.23. The van der Waals surface area contributed by atoms with Crippen molar-refractivity contribution in [3.05, 3.63) is 93.3 Å². The van der Waals surface area contributed by atoms with Crippen molar-refractivity contribution in [3.8, 4) is 5.75 Å². The fraction of sp³-hybridized carbons (Fsp3) is 0.231. The molecule has 1 heterocycles. The number of alkyl halides is 6. The van der Waals surface area contributed by atoms with Crippen molar-refractivity contribution < 1.29 is 41.0 Å². The Morgan fingerprint density at radius 3 is 2.14 bits per heavy atom. The van der Waals surface area contributed by atoms with E-state index >= 15 is 0 Å². The molecule has 0 atom stereocenters. The SMILES string of the molecule is O=C([O-])c1nc(C2=C(c3cc(C(F)(F)F)ccc3OCc3ccc(C(F)(F)F)cc3)CCC2)ccc1Cl. The number of hydrogen-bond donors (Lipinski definition) is 0. The predicted octanol–water partition coefficient (Wildman–Crippen LogP) is 6.81. The van der Waals surface area contributed by atoms with Gasteiger partial charge in [-0.3, -0.25) is 0 Å². The van der Waals surface area contributed by atoms with E-state index in [1.165, 1.54) is 24.3 Å². The molecular formula is C26H17ClF6NO3-. The molecule has 194 valence electrons. The monoisotopic (exact) mass is 540 g/mol. The third-order valence-electron chi connectivity index (χ3n) is 5.87. The van der Waals surface area contributed by atoms with Gasteiger partial charge in [-0.1, -0.05) is 23.7 Å². The summed E-state index contributed by atoms with van der Waals surface area (Å²) in [7, 11) is 0. The van der Waals surface area contributed by atoms with Crippen molar-refractivity contribution in [2.45, 2.75) is 38.2 Å². The Morgan fingerprint density at radius 1 is 0.892 bits per heavy atom. The largest absolute Gasteiger partial charge is 0.543 e. The van der Waals surface area contributed by atoms with Crippen LogP contribution in [0.2, 0.25) is 5.02 Å². The van der Waals surface area contributed by atoms with E-state index < -0.39 is 35.1 Å². The molecule has 0 spiro atoms. The van der Waals surface area contributed by atoms with E-state index in [9.17, 15) is 36.2 Å². The van der Waals surface area contributed by atoms with Gasteiger partial charge in [0.15, 0.2) is 0 Å². The van der Waals surface area contributed by atoms with Gasteiger partial charge in [-0.15, -0.1) is 0 Å². The lowest BCUT2D eigenvalue weighted by atomic mass is 9.96. The summed E-state index contributed by atoms with van der Waals surface area (Å²) in [6, 6.07) is 10.0. The highest BCUT2D eigenvalue weighted by Crippen LogP contribution is 2.44. The van der Waals surface area contributed by atoms with Crippen molar-refractivity contribution in [2.75, 3.05) is 0 Å². The number of nitrogens with zero attached hydrogens (tertiary/aromatic N) is 1. The molecule has 0 saturated heterocycles. The maximum atomic E-state index is 13.5. The zero-order valence-corrected chi connectivity index (χ0v) is 19.6. The lowest BCUT2D eigenvalue weighted by Crippen LogP contribution is -2.24. The van der Waals surface area contributed by atoms with Crippen molar-refractivity contribution in [1.29, 1.82) is 0 Å². The number of benzene rings is 2. The van der Waals surface area contributed by atoms with E-state index in [4.69, 9.17) is 16.3 Å². The molecule has 4 nitrogen and oxygen atoms in total. The third kappa shape index (κ3) is 5.90. The van der Waals surface area contributed by atoms with Gasteiger partial charge in [0.1, 0.15) is 18.1 Å². The highest BCUT2D eigenvalue weighted by atomic mass is 35.5. The van der Waals surface area contributed by atoms with Crippen LogP contribution in [-0.2, 0) is 19.0 Å². The second-order valence-corrected chi connectivity index (χ2v) is 8.72. The summed E-state index contributed by atoms with van der Waals surface area (Å²) in [5.41, 5.74) is -0.437. The van der Waals surface area contributed by atoms with E-state index in [0.29, 0.717) is 36.0 Å². The first kappa shape index (κ1) is 26.5. The summed E-state index contributed by atoms with van der Waals surface area (Å²) in [5, 5.41) is 11.2. The van der Waals surface area contributed by atoms with Crippen LogP contribution < -0.4 is 9.84 Å². The van der Waals surface area contributed by atoms with E-state index in [0.717, 1.165) is 30.3 Å². The number of halogens is 7. The normalized spacial score (nSPS) is 14.2. The minimum Gasteiger partial charge on any atom is -0.543 e. The number of carbonyl (C=O) groups is 1. The van der Waals surface area contributed by atoms with E-state index in [1.807, 2.05) is 0 Å². The number of ether oxygens (including phenoxy) is 1. The average Bonchev–Trinajstić information content (AvgIpc) is 3.31. The molecule has 0 N–H and O–H groups in total. The number of carbonyl (C=O) groups excluding carboxylic acids is 1. The molecule has 1 aliphatic rings. The summed E-state index contributed by atoms with van der Waals surface area (Å²) >= 11 is 5.87. The number of rotatable bonds is 6. The van der Waals surface area contributed by atoms with Crippen LogP contribution in [0.1, 0.15) is 57.7 Å². The Morgan fingerprint density at radius 2 is 1.51 bits per heavy atom. The molecular weight excluding hydrogens is 524 g/mol. The van der Waals surface area contributed by atoms with Crippen molar-refractivity contribution in [1.82, 2.24) is 4.98 Å². The van der Waals surface area contributed by atoms with Gasteiger partial charge in [0.25, 0.3) is 0 Å². The van der Waals surface area contributed by atoms with E-state index in [2.05, 4.69) is 4.98 Å². The van der Waals surface area contributed by atoms with Crippen LogP contribution in [-0.4, -0.2) is 11.0 Å². The van der Waals surface area contributed by atoms with Crippen molar-refractivity contribution in [2.24, 2.45) is 0 Å². The van der Waals surface area contributed by atoms with Crippen LogP contribution in [0.5, 0.6) is 5.75 Å². The first-order valence-electron chi connectivity index (χ1n) is 11.0. The summed E-state index contributed by atoms with van der Waals surface area (Å²) in [5.74, 6) is -1.50. The molecule has 0 aliphatic heterocycles. The molecule has 2 aromatic carbocycles. The first-order valence-corrected chi connectivity index (χ1v) is 11.3. The van der Waals surface area contributed by atoms with Gasteiger partial charge in [0, 0.05) is 5.56 Å². The molecule has 3 aromatic rings.